The summed E-state index contributed by atoms with van der Waals surface area (Å²) in [5.41, 5.74) is 6.61. The lowest BCUT2D eigenvalue weighted by atomic mass is 10.2. The Hall–Kier alpha value is -1.78. The molecule has 1 aromatic rings. The van der Waals surface area contributed by atoms with Crippen molar-refractivity contribution >= 4 is 21.4 Å². The summed E-state index contributed by atoms with van der Waals surface area (Å²) in [4.78, 5) is 0. The van der Waals surface area contributed by atoms with E-state index in [0.29, 0.717) is 12.2 Å². The first-order valence-corrected chi connectivity index (χ1v) is 7.57. The fraction of sp³-hybridized carbons (Fsp3) is 0.417. The molecule has 102 valence electrons. The number of sulfonamides is 1. The predicted molar refractivity (Wildman–Crippen MR) is 72.0 cm³/mol. The molecular weight excluding hydrogens is 266 g/mol. The van der Waals surface area contributed by atoms with E-state index < -0.39 is 10.0 Å². The second-order valence-corrected chi connectivity index (χ2v) is 6.20. The van der Waals surface area contributed by atoms with Gasteiger partial charge in [-0.25, -0.2) is 8.42 Å². The quantitative estimate of drug-likeness (QED) is 0.803. The van der Waals surface area contributed by atoms with E-state index in [4.69, 9.17) is 15.7 Å². The molecule has 0 amide bonds. The SMILES string of the molecule is N#Cc1ccc(NS(=O)(=O)CC2CCCO2)c(N)c1. The number of nitrogen functional groups attached to an aromatic ring is 1. The zero-order chi connectivity index (χ0) is 13.9. The molecule has 0 aliphatic carbocycles. The summed E-state index contributed by atoms with van der Waals surface area (Å²) in [7, 11) is -3.50. The number of ether oxygens (including phenoxy) is 1. The smallest absolute Gasteiger partial charge is 0.235 e. The third-order valence-electron chi connectivity index (χ3n) is 2.88. The van der Waals surface area contributed by atoms with Gasteiger partial charge >= 0.3 is 0 Å². The molecule has 1 fully saturated rings. The van der Waals surface area contributed by atoms with Gasteiger partial charge < -0.3 is 10.5 Å². The highest BCUT2D eigenvalue weighted by Crippen LogP contribution is 2.22. The molecule has 1 saturated heterocycles. The van der Waals surface area contributed by atoms with Crippen molar-refractivity contribution in [3.05, 3.63) is 23.8 Å². The number of nitriles is 1. The number of nitrogens with zero attached hydrogens (tertiary/aromatic N) is 1. The number of nitrogens with one attached hydrogen (secondary N) is 1. The summed E-state index contributed by atoms with van der Waals surface area (Å²) in [6.45, 7) is 0.610. The average Bonchev–Trinajstić information content (AvgIpc) is 2.83. The zero-order valence-electron chi connectivity index (χ0n) is 10.3. The molecule has 6 nitrogen and oxygen atoms in total. The van der Waals surface area contributed by atoms with Crippen LogP contribution < -0.4 is 10.5 Å². The van der Waals surface area contributed by atoms with E-state index in [2.05, 4.69) is 4.72 Å². The van der Waals surface area contributed by atoms with Crippen LogP contribution in [-0.2, 0) is 14.8 Å². The highest BCUT2D eigenvalue weighted by atomic mass is 32.2. The third-order valence-corrected chi connectivity index (χ3v) is 4.22. The highest BCUT2D eigenvalue weighted by Gasteiger charge is 2.23. The number of hydrogen-bond donors (Lipinski definition) is 2. The maximum atomic E-state index is 12.0. The van der Waals surface area contributed by atoms with Crippen molar-refractivity contribution in [1.82, 2.24) is 0 Å². The van der Waals surface area contributed by atoms with Crippen LogP contribution in [0.1, 0.15) is 18.4 Å². The molecule has 0 spiro atoms. The summed E-state index contributed by atoms with van der Waals surface area (Å²) in [6, 6.07) is 6.38. The van der Waals surface area contributed by atoms with Gasteiger partial charge in [0.25, 0.3) is 0 Å². The molecule has 1 aliphatic rings. The summed E-state index contributed by atoms with van der Waals surface area (Å²) in [5, 5.41) is 8.71. The Morgan fingerprint density at radius 1 is 1.53 bits per heavy atom. The van der Waals surface area contributed by atoms with Crippen LogP contribution in [0, 0.1) is 11.3 Å². The fourth-order valence-corrected chi connectivity index (χ4v) is 3.31. The Morgan fingerprint density at radius 2 is 2.32 bits per heavy atom. The Morgan fingerprint density at radius 3 is 2.89 bits per heavy atom. The van der Waals surface area contributed by atoms with Crippen molar-refractivity contribution in [3.8, 4) is 6.07 Å². The standard InChI is InChI=1S/C12H15N3O3S/c13-7-9-3-4-12(11(14)6-9)15-19(16,17)8-10-2-1-5-18-10/h3-4,6,10,15H,1-2,5,8,14H2. The lowest BCUT2D eigenvalue weighted by molar-refractivity contribution is 0.127. The number of rotatable bonds is 4. The van der Waals surface area contributed by atoms with Crippen molar-refractivity contribution in [3.63, 3.8) is 0 Å². The van der Waals surface area contributed by atoms with E-state index in [1.807, 2.05) is 6.07 Å². The van der Waals surface area contributed by atoms with E-state index in [0.717, 1.165) is 12.8 Å². The van der Waals surface area contributed by atoms with Gasteiger partial charge in [-0.1, -0.05) is 0 Å². The molecule has 1 aromatic carbocycles. The van der Waals surface area contributed by atoms with Gasteiger partial charge in [0.15, 0.2) is 0 Å². The maximum Gasteiger partial charge on any atom is 0.235 e. The molecule has 2 rings (SSSR count). The second kappa shape index (κ2) is 5.47. The van der Waals surface area contributed by atoms with E-state index in [9.17, 15) is 8.42 Å². The Bertz CT molecular complexity index is 601. The molecule has 1 aliphatic heterocycles. The van der Waals surface area contributed by atoms with E-state index in [-0.39, 0.29) is 23.2 Å². The van der Waals surface area contributed by atoms with Crippen LogP contribution in [0.5, 0.6) is 0 Å². The zero-order valence-corrected chi connectivity index (χ0v) is 11.1. The number of benzene rings is 1. The van der Waals surface area contributed by atoms with Crippen LogP contribution in [0.3, 0.4) is 0 Å². The molecule has 7 heteroatoms. The molecule has 0 radical (unpaired) electrons. The van der Waals surface area contributed by atoms with Gasteiger partial charge in [-0.05, 0) is 31.0 Å². The van der Waals surface area contributed by atoms with Crippen LogP contribution in [0.25, 0.3) is 0 Å². The number of hydrogen-bond acceptors (Lipinski definition) is 5. The van der Waals surface area contributed by atoms with Crippen molar-refractivity contribution in [2.45, 2.75) is 18.9 Å². The molecule has 1 atom stereocenters. The van der Waals surface area contributed by atoms with Crippen LogP contribution in [0.15, 0.2) is 18.2 Å². The topological polar surface area (TPSA) is 105 Å². The summed E-state index contributed by atoms with van der Waals surface area (Å²) < 4.78 is 31.6. The number of anilines is 2. The lowest BCUT2D eigenvalue weighted by Gasteiger charge is -2.13. The first kappa shape index (κ1) is 13.6. The van der Waals surface area contributed by atoms with E-state index in [1.165, 1.54) is 18.2 Å². The monoisotopic (exact) mass is 281 g/mol. The average molecular weight is 281 g/mol. The first-order chi connectivity index (χ1) is 9.00. The molecule has 1 unspecified atom stereocenters. The lowest BCUT2D eigenvalue weighted by Crippen LogP contribution is -2.26. The molecular formula is C12H15N3O3S. The van der Waals surface area contributed by atoms with E-state index >= 15 is 0 Å². The molecule has 0 saturated carbocycles. The van der Waals surface area contributed by atoms with Gasteiger partial charge in [0, 0.05) is 6.61 Å². The molecule has 19 heavy (non-hydrogen) atoms. The van der Waals surface area contributed by atoms with Gasteiger partial charge in [-0.2, -0.15) is 5.26 Å². The van der Waals surface area contributed by atoms with Crippen molar-refractivity contribution < 1.29 is 13.2 Å². The van der Waals surface area contributed by atoms with Gasteiger partial charge in [-0.3, -0.25) is 4.72 Å². The van der Waals surface area contributed by atoms with Gasteiger partial charge in [-0.15, -0.1) is 0 Å². The normalized spacial score (nSPS) is 19.0. The third kappa shape index (κ3) is 3.59. The van der Waals surface area contributed by atoms with Gasteiger partial charge in [0.2, 0.25) is 10.0 Å². The van der Waals surface area contributed by atoms with Crippen LogP contribution in [0.4, 0.5) is 11.4 Å². The minimum absolute atomic E-state index is 0.0769. The predicted octanol–water partition coefficient (Wildman–Crippen LogP) is 1.06. The summed E-state index contributed by atoms with van der Waals surface area (Å²) in [5.74, 6) is -0.0769. The minimum atomic E-state index is -3.50. The Kier molecular flexibility index (Phi) is 3.93. The molecule has 0 bridgehead atoms. The summed E-state index contributed by atoms with van der Waals surface area (Å²) in [6.07, 6.45) is 1.39. The Balaban J connectivity index is 2.09. The van der Waals surface area contributed by atoms with Crippen molar-refractivity contribution in [2.24, 2.45) is 0 Å². The maximum absolute atomic E-state index is 12.0. The van der Waals surface area contributed by atoms with E-state index in [1.54, 1.807) is 0 Å². The first-order valence-electron chi connectivity index (χ1n) is 5.92. The second-order valence-electron chi connectivity index (χ2n) is 4.43. The number of nitrogens with two attached hydrogens (primary N) is 1. The van der Waals surface area contributed by atoms with Crippen molar-refractivity contribution in [2.75, 3.05) is 22.8 Å². The van der Waals surface area contributed by atoms with Gasteiger partial charge in [0.05, 0.1) is 34.9 Å². The molecule has 1 heterocycles. The molecule has 0 aromatic heterocycles. The largest absolute Gasteiger partial charge is 0.397 e. The van der Waals surface area contributed by atoms with Gasteiger partial charge in [0.1, 0.15) is 0 Å². The highest BCUT2D eigenvalue weighted by molar-refractivity contribution is 7.92. The summed E-state index contributed by atoms with van der Waals surface area (Å²) >= 11 is 0. The van der Waals surface area contributed by atoms with Crippen LogP contribution in [-0.4, -0.2) is 26.9 Å². The Labute approximate surface area is 112 Å². The fourth-order valence-electron chi connectivity index (χ4n) is 1.95. The van der Waals surface area contributed by atoms with Crippen molar-refractivity contribution in [1.29, 1.82) is 5.26 Å². The minimum Gasteiger partial charge on any atom is -0.397 e. The van der Waals surface area contributed by atoms with Crippen LogP contribution >= 0.6 is 0 Å². The molecule has 3 N–H and O–H groups in total. The van der Waals surface area contributed by atoms with Crippen LogP contribution in [0.2, 0.25) is 0 Å².